The molecule has 2 aromatic heterocycles. The average molecular weight is 944 g/mol. The minimum Gasteiger partial charge on any atom is -0.456 e. The maximum absolute atomic E-state index is 6.67. The molecular weight excluding hydrogens is 899 g/mol. The summed E-state index contributed by atoms with van der Waals surface area (Å²) >= 11 is 0. The Labute approximate surface area is 429 Å². The fraction of sp³-hybridized carbons (Fsp3) is 0.0143. The Balaban J connectivity index is 0.922. The SMILES string of the molecule is c1ccc(-c2cccc(-c3nc(-c4ccccc4-c4ccccc4)nc(-c4cccc5oc6ccc(-c7cccc(-c8cccc9c8-c8ccccc8C9(c8ccccc8)c8ccccc8)c7)cc6c45)n3)c2)cc1. The van der Waals surface area contributed by atoms with Crippen molar-refractivity contribution < 1.29 is 4.42 Å². The Kier molecular flexibility index (Phi) is 10.4. The van der Waals surface area contributed by atoms with Crippen LogP contribution in [0.3, 0.4) is 0 Å². The van der Waals surface area contributed by atoms with Crippen molar-refractivity contribution in [3.63, 3.8) is 0 Å². The third kappa shape index (κ3) is 7.10. The Hall–Kier alpha value is -9.77. The van der Waals surface area contributed by atoms with Crippen molar-refractivity contribution >= 4 is 21.9 Å². The Bertz CT molecular complexity index is 4200. The lowest BCUT2D eigenvalue weighted by Gasteiger charge is -2.34. The van der Waals surface area contributed by atoms with Gasteiger partial charge in [0.25, 0.3) is 0 Å². The summed E-state index contributed by atoms with van der Waals surface area (Å²) in [7, 11) is 0. The molecule has 4 heteroatoms. The zero-order valence-electron chi connectivity index (χ0n) is 40.2. The highest BCUT2D eigenvalue weighted by Crippen LogP contribution is 2.58. The Morgan fingerprint density at radius 3 is 1.47 bits per heavy atom. The molecular formula is C70H45N3O. The van der Waals surface area contributed by atoms with Gasteiger partial charge in [0.2, 0.25) is 0 Å². The van der Waals surface area contributed by atoms with Gasteiger partial charge in [-0.2, -0.15) is 0 Å². The zero-order valence-corrected chi connectivity index (χ0v) is 40.2. The molecule has 0 amide bonds. The van der Waals surface area contributed by atoms with E-state index < -0.39 is 5.41 Å². The summed E-state index contributed by atoms with van der Waals surface area (Å²) in [6, 6.07) is 97.2. The third-order valence-corrected chi connectivity index (χ3v) is 14.8. The molecule has 0 N–H and O–H groups in total. The predicted molar refractivity (Wildman–Crippen MR) is 302 cm³/mol. The molecule has 2 heterocycles. The van der Waals surface area contributed by atoms with Crippen LogP contribution in [0.5, 0.6) is 0 Å². The summed E-state index contributed by atoms with van der Waals surface area (Å²) < 4.78 is 6.67. The van der Waals surface area contributed by atoms with Crippen LogP contribution in [-0.2, 0) is 5.41 Å². The van der Waals surface area contributed by atoms with Gasteiger partial charge in [-0.25, -0.2) is 15.0 Å². The van der Waals surface area contributed by atoms with Gasteiger partial charge in [-0.15, -0.1) is 0 Å². The normalized spacial score (nSPS) is 12.4. The summed E-state index contributed by atoms with van der Waals surface area (Å²) in [4.78, 5) is 16.0. The fourth-order valence-corrected chi connectivity index (χ4v) is 11.6. The third-order valence-electron chi connectivity index (χ3n) is 14.8. The lowest BCUT2D eigenvalue weighted by Crippen LogP contribution is -2.28. The summed E-state index contributed by atoms with van der Waals surface area (Å²) in [5, 5.41) is 1.94. The topological polar surface area (TPSA) is 51.8 Å². The Morgan fingerprint density at radius 2 is 0.743 bits per heavy atom. The molecule has 0 aliphatic heterocycles. The van der Waals surface area contributed by atoms with E-state index in [1.165, 1.54) is 38.9 Å². The second-order valence-electron chi connectivity index (χ2n) is 19.0. The predicted octanol–water partition coefficient (Wildman–Crippen LogP) is 17.8. The smallest absolute Gasteiger partial charge is 0.164 e. The molecule has 346 valence electrons. The molecule has 1 aliphatic carbocycles. The number of aromatic nitrogens is 3. The van der Waals surface area contributed by atoms with Crippen molar-refractivity contribution in [1.29, 1.82) is 0 Å². The standard InChI is InChI=1S/C70H45N3O/c1-5-21-46(22-6-1)48-25-18-28-52(44-48)67-71-68(57-34-14-13-33-55(57)47-23-7-2-8-24-47)73-69(72-67)59-37-20-40-64-66(59)60-45-50(41-42-63(60)74-64)49-26-17-27-51(43-49)56-36-19-39-62-65(56)58-35-15-16-38-61(58)70(62,53-29-9-3-10-30-53)54-31-11-4-12-32-54/h1-45H. The molecule has 0 atom stereocenters. The first-order chi connectivity index (χ1) is 36.7. The van der Waals surface area contributed by atoms with Gasteiger partial charge < -0.3 is 4.42 Å². The van der Waals surface area contributed by atoms with Crippen LogP contribution in [0.1, 0.15) is 22.3 Å². The van der Waals surface area contributed by atoms with Crippen molar-refractivity contribution in [1.82, 2.24) is 15.0 Å². The van der Waals surface area contributed by atoms with Crippen LogP contribution in [0.4, 0.5) is 0 Å². The van der Waals surface area contributed by atoms with E-state index in [9.17, 15) is 0 Å². The largest absolute Gasteiger partial charge is 0.456 e. The van der Waals surface area contributed by atoms with Crippen molar-refractivity contribution in [3.8, 4) is 89.8 Å². The van der Waals surface area contributed by atoms with Crippen LogP contribution in [0.25, 0.3) is 112 Å². The van der Waals surface area contributed by atoms with Crippen LogP contribution in [0.15, 0.2) is 277 Å². The van der Waals surface area contributed by atoms with Gasteiger partial charge in [0.15, 0.2) is 17.5 Å². The number of hydrogen-bond donors (Lipinski definition) is 0. The molecule has 74 heavy (non-hydrogen) atoms. The van der Waals surface area contributed by atoms with Gasteiger partial charge in [-0.3, -0.25) is 0 Å². The molecule has 0 saturated heterocycles. The molecule has 0 radical (unpaired) electrons. The summed E-state index contributed by atoms with van der Waals surface area (Å²) in [5.74, 6) is 1.75. The van der Waals surface area contributed by atoms with Crippen LogP contribution in [0, 0.1) is 0 Å². The van der Waals surface area contributed by atoms with Crippen molar-refractivity contribution in [2.45, 2.75) is 5.41 Å². The van der Waals surface area contributed by atoms with Crippen LogP contribution in [-0.4, -0.2) is 15.0 Å². The number of fused-ring (bicyclic) bond motifs is 6. The second kappa shape index (κ2) is 17.8. The second-order valence-corrected chi connectivity index (χ2v) is 19.0. The van der Waals surface area contributed by atoms with Gasteiger partial charge >= 0.3 is 0 Å². The number of benzene rings is 11. The van der Waals surface area contributed by atoms with Gasteiger partial charge in [-0.05, 0) is 108 Å². The van der Waals surface area contributed by atoms with Crippen molar-refractivity contribution in [3.05, 3.63) is 295 Å². The maximum Gasteiger partial charge on any atom is 0.164 e. The number of rotatable bonds is 9. The fourth-order valence-electron chi connectivity index (χ4n) is 11.6. The molecule has 13 aromatic rings. The van der Waals surface area contributed by atoms with Gasteiger partial charge in [0.1, 0.15) is 11.2 Å². The molecule has 0 saturated carbocycles. The van der Waals surface area contributed by atoms with E-state index in [1.807, 2.05) is 24.3 Å². The minimum atomic E-state index is -0.481. The summed E-state index contributed by atoms with van der Waals surface area (Å²) in [6.07, 6.45) is 0. The molecule has 0 spiro atoms. The lowest BCUT2D eigenvalue weighted by atomic mass is 9.67. The molecule has 0 unspecified atom stereocenters. The highest BCUT2D eigenvalue weighted by Gasteiger charge is 2.46. The van der Waals surface area contributed by atoms with Crippen LogP contribution in [0.2, 0.25) is 0 Å². The molecule has 14 rings (SSSR count). The molecule has 1 aliphatic rings. The van der Waals surface area contributed by atoms with Gasteiger partial charge in [-0.1, -0.05) is 243 Å². The first kappa shape index (κ1) is 43.1. The van der Waals surface area contributed by atoms with E-state index in [4.69, 9.17) is 19.4 Å². The summed E-state index contributed by atoms with van der Waals surface area (Å²) in [6.45, 7) is 0. The van der Waals surface area contributed by atoms with E-state index >= 15 is 0 Å². The Morgan fingerprint density at radius 1 is 0.270 bits per heavy atom. The zero-order chi connectivity index (χ0) is 49.0. The molecule has 4 nitrogen and oxygen atoms in total. The van der Waals surface area contributed by atoms with E-state index in [0.717, 1.165) is 77.6 Å². The van der Waals surface area contributed by atoms with Gasteiger partial charge in [0, 0.05) is 27.5 Å². The van der Waals surface area contributed by atoms with E-state index in [-0.39, 0.29) is 0 Å². The van der Waals surface area contributed by atoms with E-state index in [0.29, 0.717) is 17.5 Å². The first-order valence-electron chi connectivity index (χ1n) is 25.2. The van der Waals surface area contributed by atoms with Gasteiger partial charge in [0.05, 0.1) is 5.41 Å². The number of hydrogen-bond acceptors (Lipinski definition) is 4. The lowest BCUT2D eigenvalue weighted by molar-refractivity contribution is 0.669. The average Bonchev–Trinajstić information content (AvgIpc) is 4.10. The minimum absolute atomic E-state index is 0.481. The number of furan rings is 1. The monoisotopic (exact) mass is 943 g/mol. The van der Waals surface area contributed by atoms with Crippen LogP contribution >= 0.6 is 0 Å². The van der Waals surface area contributed by atoms with E-state index in [2.05, 4.69) is 249 Å². The quantitative estimate of drug-likeness (QED) is 0.145. The number of nitrogens with zero attached hydrogens (tertiary/aromatic N) is 3. The summed E-state index contributed by atoms with van der Waals surface area (Å²) in [5.41, 5.74) is 20.3. The molecule has 11 aromatic carbocycles. The maximum atomic E-state index is 6.67. The van der Waals surface area contributed by atoms with Crippen molar-refractivity contribution in [2.24, 2.45) is 0 Å². The first-order valence-corrected chi connectivity index (χ1v) is 25.2. The molecule has 0 bridgehead atoms. The molecule has 0 fully saturated rings. The highest BCUT2D eigenvalue weighted by atomic mass is 16.3. The highest BCUT2D eigenvalue weighted by molar-refractivity contribution is 6.13. The van der Waals surface area contributed by atoms with Crippen LogP contribution < -0.4 is 0 Å². The van der Waals surface area contributed by atoms with E-state index in [1.54, 1.807) is 0 Å². The van der Waals surface area contributed by atoms with Crippen molar-refractivity contribution in [2.75, 3.05) is 0 Å².